The molecule has 0 bridgehead atoms. The Morgan fingerprint density at radius 3 is 2.45 bits per heavy atom. The maximum absolute atomic E-state index is 12.5. The van der Waals surface area contributed by atoms with E-state index in [9.17, 15) is 9.59 Å². The Hall–Kier alpha value is -1.84. The predicted octanol–water partition coefficient (Wildman–Crippen LogP) is 2.88. The number of carbonyl (C=O) groups excluding carboxylic acids is 2. The first kappa shape index (κ1) is 14.6. The lowest BCUT2D eigenvalue weighted by atomic mass is 9.98. The van der Waals surface area contributed by atoms with E-state index in [0.717, 1.165) is 25.8 Å². The average molecular weight is 275 g/mol. The molecule has 1 fully saturated rings. The fourth-order valence-electron chi connectivity index (χ4n) is 2.72. The van der Waals surface area contributed by atoms with Crippen molar-refractivity contribution >= 4 is 11.9 Å². The summed E-state index contributed by atoms with van der Waals surface area (Å²) in [7, 11) is 1.35. The van der Waals surface area contributed by atoms with E-state index in [0.29, 0.717) is 17.2 Å². The van der Waals surface area contributed by atoms with E-state index in [1.54, 1.807) is 24.3 Å². The fourth-order valence-corrected chi connectivity index (χ4v) is 2.72. The third kappa shape index (κ3) is 3.00. The normalized spacial score (nSPS) is 18.7. The Morgan fingerprint density at radius 2 is 1.85 bits per heavy atom. The van der Waals surface area contributed by atoms with Crippen LogP contribution in [-0.4, -0.2) is 36.5 Å². The average Bonchev–Trinajstić information content (AvgIpc) is 2.53. The van der Waals surface area contributed by atoms with Gasteiger partial charge in [-0.2, -0.15) is 0 Å². The summed E-state index contributed by atoms with van der Waals surface area (Å²) in [6.45, 7) is 2.95. The molecule has 108 valence electrons. The van der Waals surface area contributed by atoms with Gasteiger partial charge in [0.05, 0.1) is 12.7 Å². The van der Waals surface area contributed by atoms with Crippen LogP contribution in [0.5, 0.6) is 0 Å². The van der Waals surface area contributed by atoms with Crippen molar-refractivity contribution in [1.29, 1.82) is 0 Å². The molecule has 1 aliphatic heterocycles. The van der Waals surface area contributed by atoms with Gasteiger partial charge in [0.15, 0.2) is 0 Å². The molecular formula is C16H21NO3. The molecule has 0 aromatic heterocycles. The number of amides is 1. The molecule has 1 aromatic rings. The van der Waals surface area contributed by atoms with E-state index in [1.165, 1.54) is 13.5 Å². The van der Waals surface area contributed by atoms with E-state index in [4.69, 9.17) is 0 Å². The van der Waals surface area contributed by atoms with Crippen molar-refractivity contribution in [2.75, 3.05) is 13.7 Å². The number of likely N-dealkylation sites (tertiary alicyclic amines) is 1. The number of carbonyl (C=O) groups is 2. The van der Waals surface area contributed by atoms with Gasteiger partial charge in [-0.05, 0) is 49.9 Å². The molecule has 1 aliphatic rings. The molecule has 0 radical (unpaired) electrons. The fraction of sp³-hybridized carbons (Fsp3) is 0.500. The third-order valence-electron chi connectivity index (χ3n) is 3.91. The monoisotopic (exact) mass is 275 g/mol. The van der Waals surface area contributed by atoms with Crippen LogP contribution >= 0.6 is 0 Å². The molecule has 1 saturated heterocycles. The number of benzene rings is 1. The Balaban J connectivity index is 2.14. The highest BCUT2D eigenvalue weighted by atomic mass is 16.5. The number of piperidine rings is 1. The standard InChI is InChI=1S/C16H21NO3/c1-3-14-6-4-5-11-17(14)15(18)12-7-9-13(10-8-12)16(19)20-2/h7-10,14H,3-6,11H2,1-2H3. The van der Waals surface area contributed by atoms with Crippen molar-refractivity contribution in [3.8, 4) is 0 Å². The molecule has 0 aliphatic carbocycles. The molecule has 20 heavy (non-hydrogen) atoms. The van der Waals surface area contributed by atoms with E-state index >= 15 is 0 Å². The van der Waals surface area contributed by atoms with Crippen molar-refractivity contribution < 1.29 is 14.3 Å². The number of rotatable bonds is 3. The van der Waals surface area contributed by atoms with Gasteiger partial charge in [-0.25, -0.2) is 4.79 Å². The van der Waals surface area contributed by atoms with Gasteiger partial charge in [0.1, 0.15) is 0 Å². The van der Waals surface area contributed by atoms with Crippen LogP contribution in [0.25, 0.3) is 0 Å². The molecular weight excluding hydrogens is 254 g/mol. The van der Waals surface area contributed by atoms with Crippen LogP contribution < -0.4 is 0 Å². The van der Waals surface area contributed by atoms with Gasteiger partial charge in [0, 0.05) is 18.2 Å². The van der Waals surface area contributed by atoms with E-state index < -0.39 is 0 Å². The summed E-state index contributed by atoms with van der Waals surface area (Å²) in [6.07, 6.45) is 4.35. The van der Waals surface area contributed by atoms with Crippen molar-refractivity contribution in [1.82, 2.24) is 4.90 Å². The summed E-state index contributed by atoms with van der Waals surface area (Å²) in [4.78, 5) is 25.9. The lowest BCUT2D eigenvalue weighted by Crippen LogP contribution is -2.43. The quantitative estimate of drug-likeness (QED) is 0.797. The molecule has 0 spiro atoms. The van der Waals surface area contributed by atoms with Gasteiger partial charge < -0.3 is 9.64 Å². The first-order valence-electron chi connectivity index (χ1n) is 7.16. The van der Waals surface area contributed by atoms with Crippen molar-refractivity contribution in [3.63, 3.8) is 0 Å². The van der Waals surface area contributed by atoms with Crippen LogP contribution in [0.15, 0.2) is 24.3 Å². The maximum atomic E-state index is 12.5. The van der Waals surface area contributed by atoms with E-state index in [1.807, 2.05) is 4.90 Å². The predicted molar refractivity (Wildman–Crippen MR) is 76.7 cm³/mol. The maximum Gasteiger partial charge on any atom is 0.337 e. The Kier molecular flexibility index (Phi) is 4.77. The van der Waals surface area contributed by atoms with Crippen LogP contribution in [0.4, 0.5) is 0 Å². The SMILES string of the molecule is CCC1CCCCN1C(=O)c1ccc(C(=O)OC)cc1. The number of ether oxygens (including phenoxy) is 1. The second-order valence-corrected chi connectivity index (χ2v) is 5.13. The second kappa shape index (κ2) is 6.55. The molecule has 1 aromatic carbocycles. The summed E-state index contributed by atoms with van der Waals surface area (Å²) in [5, 5.41) is 0. The topological polar surface area (TPSA) is 46.6 Å². The van der Waals surface area contributed by atoms with Crippen molar-refractivity contribution in [2.45, 2.75) is 38.6 Å². The van der Waals surface area contributed by atoms with Crippen LogP contribution in [-0.2, 0) is 4.74 Å². The molecule has 2 rings (SSSR count). The van der Waals surface area contributed by atoms with Crippen molar-refractivity contribution in [2.24, 2.45) is 0 Å². The smallest absolute Gasteiger partial charge is 0.337 e. The minimum atomic E-state index is -0.381. The number of hydrogen-bond donors (Lipinski definition) is 0. The third-order valence-corrected chi connectivity index (χ3v) is 3.91. The largest absolute Gasteiger partial charge is 0.465 e. The zero-order chi connectivity index (χ0) is 14.5. The van der Waals surface area contributed by atoms with Crippen LogP contribution in [0.1, 0.15) is 53.3 Å². The summed E-state index contributed by atoms with van der Waals surface area (Å²) < 4.78 is 4.65. The zero-order valence-corrected chi connectivity index (χ0v) is 12.1. The number of hydrogen-bond acceptors (Lipinski definition) is 3. The Bertz CT molecular complexity index is 481. The highest BCUT2D eigenvalue weighted by Crippen LogP contribution is 2.22. The molecule has 0 saturated carbocycles. The molecule has 4 nitrogen and oxygen atoms in total. The summed E-state index contributed by atoms with van der Waals surface area (Å²) in [6, 6.07) is 7.04. The molecule has 1 unspecified atom stereocenters. The van der Waals surface area contributed by atoms with Gasteiger partial charge in [0.25, 0.3) is 5.91 Å². The Labute approximate surface area is 119 Å². The van der Waals surface area contributed by atoms with Crippen LogP contribution in [0.2, 0.25) is 0 Å². The second-order valence-electron chi connectivity index (χ2n) is 5.13. The molecule has 1 amide bonds. The number of nitrogens with zero attached hydrogens (tertiary/aromatic N) is 1. The number of methoxy groups -OCH3 is 1. The molecule has 1 atom stereocenters. The van der Waals surface area contributed by atoms with Gasteiger partial charge in [-0.3, -0.25) is 4.79 Å². The van der Waals surface area contributed by atoms with Gasteiger partial charge in [-0.1, -0.05) is 6.92 Å². The van der Waals surface area contributed by atoms with E-state index in [2.05, 4.69) is 11.7 Å². The molecule has 1 heterocycles. The Morgan fingerprint density at radius 1 is 1.20 bits per heavy atom. The molecule has 0 N–H and O–H groups in total. The first-order valence-corrected chi connectivity index (χ1v) is 7.16. The van der Waals surface area contributed by atoms with Gasteiger partial charge in [-0.15, -0.1) is 0 Å². The highest BCUT2D eigenvalue weighted by Gasteiger charge is 2.26. The summed E-state index contributed by atoms with van der Waals surface area (Å²) in [5.74, 6) is -0.318. The molecule has 4 heteroatoms. The first-order chi connectivity index (χ1) is 9.67. The highest BCUT2D eigenvalue weighted by molar-refractivity contribution is 5.96. The minimum absolute atomic E-state index is 0.0629. The van der Waals surface area contributed by atoms with Crippen LogP contribution in [0, 0.1) is 0 Å². The van der Waals surface area contributed by atoms with Gasteiger partial charge in [0.2, 0.25) is 0 Å². The lowest BCUT2D eigenvalue weighted by molar-refractivity contribution is 0.0591. The van der Waals surface area contributed by atoms with Gasteiger partial charge >= 0.3 is 5.97 Å². The minimum Gasteiger partial charge on any atom is -0.465 e. The van der Waals surface area contributed by atoms with E-state index in [-0.39, 0.29) is 11.9 Å². The van der Waals surface area contributed by atoms with Crippen molar-refractivity contribution in [3.05, 3.63) is 35.4 Å². The summed E-state index contributed by atoms with van der Waals surface area (Å²) in [5.41, 5.74) is 1.10. The lowest BCUT2D eigenvalue weighted by Gasteiger charge is -2.35. The number of esters is 1. The zero-order valence-electron chi connectivity index (χ0n) is 12.1. The summed E-state index contributed by atoms with van der Waals surface area (Å²) >= 11 is 0. The van der Waals surface area contributed by atoms with Crippen LogP contribution in [0.3, 0.4) is 0 Å².